The maximum absolute atomic E-state index is 12.5. The van der Waals surface area contributed by atoms with Crippen LogP contribution in [-0.4, -0.2) is 43.2 Å². The molecule has 1 N–H and O–H groups in total. The first kappa shape index (κ1) is 20.2. The molecule has 28 heavy (non-hydrogen) atoms. The van der Waals surface area contributed by atoms with Crippen molar-refractivity contribution >= 4 is 11.6 Å². The Kier molecular flexibility index (Phi) is 6.57. The lowest BCUT2D eigenvalue weighted by Crippen LogP contribution is -2.35. The first-order chi connectivity index (χ1) is 13.4. The summed E-state index contributed by atoms with van der Waals surface area (Å²) >= 11 is 0. The number of hydrogen-bond acceptors (Lipinski definition) is 4. The monoisotopic (exact) mass is 382 g/mol. The Hall–Kier alpha value is -2.53. The Labute approximate surface area is 167 Å². The van der Waals surface area contributed by atoms with Crippen molar-refractivity contribution in [1.29, 1.82) is 0 Å². The third-order valence-electron chi connectivity index (χ3n) is 5.11. The second-order valence-electron chi connectivity index (χ2n) is 7.66. The number of nitrogens with one attached hydrogen (secondary N) is 1. The molecule has 1 unspecified atom stereocenters. The summed E-state index contributed by atoms with van der Waals surface area (Å²) < 4.78 is 11.9. The topological polar surface area (TPSA) is 50.8 Å². The summed E-state index contributed by atoms with van der Waals surface area (Å²) in [5, 5.41) is 2.91. The smallest absolute Gasteiger partial charge is 0.265 e. The average Bonchev–Trinajstić information content (AvgIpc) is 2.68. The van der Waals surface area contributed by atoms with Gasteiger partial charge >= 0.3 is 0 Å². The minimum atomic E-state index is -0.587. The molecule has 1 amide bonds. The fourth-order valence-electron chi connectivity index (χ4n) is 3.23. The Balaban J connectivity index is 1.53. The zero-order chi connectivity index (χ0) is 20.1. The molecule has 1 aliphatic heterocycles. The number of rotatable bonds is 6. The molecule has 1 fully saturated rings. The number of ether oxygens (including phenoxy) is 2. The maximum Gasteiger partial charge on any atom is 0.265 e. The van der Waals surface area contributed by atoms with Gasteiger partial charge in [0.1, 0.15) is 17.6 Å². The highest BCUT2D eigenvalue weighted by atomic mass is 16.5. The summed E-state index contributed by atoms with van der Waals surface area (Å²) in [4.78, 5) is 14.8. The van der Waals surface area contributed by atoms with E-state index in [4.69, 9.17) is 9.47 Å². The second-order valence-corrected chi connectivity index (χ2v) is 7.66. The van der Waals surface area contributed by atoms with Gasteiger partial charge in [-0.3, -0.25) is 4.79 Å². The van der Waals surface area contributed by atoms with E-state index in [1.54, 1.807) is 6.92 Å². The van der Waals surface area contributed by atoms with E-state index in [2.05, 4.69) is 17.3 Å². The average molecular weight is 383 g/mol. The quantitative estimate of drug-likeness (QED) is 0.814. The summed E-state index contributed by atoms with van der Waals surface area (Å²) in [6, 6.07) is 13.5. The normalized spacial score (nSPS) is 16.4. The SMILES string of the molecule is Cc1ccc(C)c(OC(C)C(=O)Nc2ccc(OC3CCN(C)CC3)cc2)c1. The van der Waals surface area contributed by atoms with Gasteiger partial charge in [-0.05, 0) is 82.1 Å². The van der Waals surface area contributed by atoms with Crippen LogP contribution in [0.2, 0.25) is 0 Å². The molecule has 1 saturated heterocycles. The van der Waals surface area contributed by atoms with Crippen molar-refractivity contribution in [2.45, 2.75) is 45.8 Å². The van der Waals surface area contributed by atoms with E-state index in [9.17, 15) is 4.79 Å². The van der Waals surface area contributed by atoms with Crippen LogP contribution in [0.4, 0.5) is 5.69 Å². The Morgan fingerprint density at radius 3 is 2.46 bits per heavy atom. The van der Waals surface area contributed by atoms with Gasteiger partial charge < -0.3 is 19.7 Å². The van der Waals surface area contributed by atoms with E-state index < -0.39 is 6.10 Å². The van der Waals surface area contributed by atoms with Gasteiger partial charge in [-0.15, -0.1) is 0 Å². The molecular formula is C23H30N2O3. The molecule has 0 bridgehead atoms. The number of carbonyl (C=O) groups is 1. The zero-order valence-electron chi connectivity index (χ0n) is 17.2. The predicted molar refractivity (Wildman–Crippen MR) is 112 cm³/mol. The summed E-state index contributed by atoms with van der Waals surface area (Å²) in [6.45, 7) is 7.87. The van der Waals surface area contributed by atoms with Gasteiger partial charge in [0.05, 0.1) is 0 Å². The second kappa shape index (κ2) is 9.11. The molecule has 0 spiro atoms. The third kappa shape index (κ3) is 5.49. The van der Waals surface area contributed by atoms with Crippen molar-refractivity contribution in [3.8, 4) is 11.5 Å². The number of nitrogens with zero attached hydrogens (tertiary/aromatic N) is 1. The lowest BCUT2D eigenvalue weighted by Gasteiger charge is -2.29. The van der Waals surface area contributed by atoms with Gasteiger partial charge in [0.2, 0.25) is 0 Å². The number of amides is 1. The van der Waals surface area contributed by atoms with E-state index >= 15 is 0 Å². The van der Waals surface area contributed by atoms with Crippen LogP contribution >= 0.6 is 0 Å². The molecule has 150 valence electrons. The standard InChI is InChI=1S/C23H30N2O3/c1-16-5-6-17(2)22(15-16)27-18(3)23(26)24-19-7-9-20(10-8-19)28-21-11-13-25(4)14-12-21/h5-10,15,18,21H,11-14H2,1-4H3,(H,24,26). The van der Waals surface area contributed by atoms with Crippen LogP contribution in [0.5, 0.6) is 11.5 Å². The Morgan fingerprint density at radius 2 is 1.79 bits per heavy atom. The predicted octanol–water partition coefficient (Wildman–Crippen LogP) is 4.18. The van der Waals surface area contributed by atoms with Gasteiger partial charge in [-0.1, -0.05) is 12.1 Å². The molecule has 0 aromatic heterocycles. The van der Waals surface area contributed by atoms with Gasteiger partial charge in [-0.2, -0.15) is 0 Å². The molecule has 2 aromatic rings. The molecule has 0 saturated carbocycles. The lowest BCUT2D eigenvalue weighted by atomic mass is 10.1. The van der Waals surface area contributed by atoms with Crippen LogP contribution in [-0.2, 0) is 4.79 Å². The number of hydrogen-bond donors (Lipinski definition) is 1. The fourth-order valence-corrected chi connectivity index (χ4v) is 3.23. The maximum atomic E-state index is 12.5. The van der Waals surface area contributed by atoms with E-state index in [-0.39, 0.29) is 12.0 Å². The van der Waals surface area contributed by atoms with Crippen LogP contribution < -0.4 is 14.8 Å². The summed E-state index contributed by atoms with van der Waals surface area (Å²) in [7, 11) is 2.14. The van der Waals surface area contributed by atoms with Gasteiger partial charge in [-0.25, -0.2) is 0 Å². The van der Waals surface area contributed by atoms with E-state index in [1.165, 1.54) is 0 Å². The Bertz CT molecular complexity index is 796. The molecule has 5 nitrogen and oxygen atoms in total. The molecule has 0 aliphatic carbocycles. The molecule has 1 atom stereocenters. The number of anilines is 1. The highest BCUT2D eigenvalue weighted by Gasteiger charge is 2.19. The van der Waals surface area contributed by atoms with Crippen molar-refractivity contribution in [1.82, 2.24) is 4.90 Å². The number of benzene rings is 2. The fraction of sp³-hybridized carbons (Fsp3) is 0.435. The highest BCUT2D eigenvalue weighted by molar-refractivity contribution is 5.94. The number of carbonyl (C=O) groups excluding carboxylic acids is 1. The van der Waals surface area contributed by atoms with Crippen LogP contribution in [0.25, 0.3) is 0 Å². The van der Waals surface area contributed by atoms with E-state index in [1.807, 2.05) is 56.3 Å². The minimum Gasteiger partial charge on any atom is -0.490 e. The number of piperidine rings is 1. The van der Waals surface area contributed by atoms with Crippen molar-refractivity contribution in [2.24, 2.45) is 0 Å². The molecule has 0 radical (unpaired) electrons. The zero-order valence-corrected chi connectivity index (χ0v) is 17.2. The van der Waals surface area contributed by atoms with Crippen LogP contribution in [0, 0.1) is 13.8 Å². The number of aryl methyl sites for hydroxylation is 2. The highest BCUT2D eigenvalue weighted by Crippen LogP contribution is 2.22. The van der Waals surface area contributed by atoms with Gasteiger partial charge in [0, 0.05) is 18.8 Å². The first-order valence-electron chi connectivity index (χ1n) is 9.91. The van der Waals surface area contributed by atoms with Gasteiger partial charge in [0.25, 0.3) is 5.91 Å². The van der Waals surface area contributed by atoms with Crippen LogP contribution in [0.1, 0.15) is 30.9 Å². The molecular weight excluding hydrogens is 352 g/mol. The molecule has 5 heteroatoms. The van der Waals surface area contributed by atoms with E-state index in [0.717, 1.165) is 54.2 Å². The summed E-state index contributed by atoms with van der Waals surface area (Å²) in [6.07, 6.45) is 1.77. The third-order valence-corrected chi connectivity index (χ3v) is 5.11. The van der Waals surface area contributed by atoms with E-state index in [0.29, 0.717) is 0 Å². The molecule has 1 heterocycles. The largest absolute Gasteiger partial charge is 0.490 e. The van der Waals surface area contributed by atoms with Crippen molar-refractivity contribution in [3.63, 3.8) is 0 Å². The van der Waals surface area contributed by atoms with Crippen LogP contribution in [0.3, 0.4) is 0 Å². The summed E-state index contributed by atoms with van der Waals surface area (Å²) in [5.74, 6) is 1.40. The van der Waals surface area contributed by atoms with Crippen LogP contribution in [0.15, 0.2) is 42.5 Å². The first-order valence-corrected chi connectivity index (χ1v) is 9.91. The number of likely N-dealkylation sites (tertiary alicyclic amines) is 1. The molecule has 1 aliphatic rings. The molecule has 3 rings (SSSR count). The summed E-state index contributed by atoms with van der Waals surface area (Å²) in [5.41, 5.74) is 2.85. The van der Waals surface area contributed by atoms with Crippen molar-refractivity contribution in [2.75, 3.05) is 25.5 Å². The van der Waals surface area contributed by atoms with Gasteiger partial charge in [0.15, 0.2) is 6.10 Å². The minimum absolute atomic E-state index is 0.176. The Morgan fingerprint density at radius 1 is 1.11 bits per heavy atom. The van der Waals surface area contributed by atoms with Crippen molar-refractivity contribution < 1.29 is 14.3 Å². The molecule has 2 aromatic carbocycles. The lowest BCUT2D eigenvalue weighted by molar-refractivity contribution is -0.122. The van der Waals surface area contributed by atoms with Crippen molar-refractivity contribution in [3.05, 3.63) is 53.6 Å².